The van der Waals surface area contributed by atoms with E-state index in [1.165, 1.54) is 12.1 Å². The molecule has 0 spiro atoms. The van der Waals surface area contributed by atoms with Crippen molar-refractivity contribution in [3.05, 3.63) is 89.5 Å². The molecule has 1 aliphatic heterocycles. The van der Waals surface area contributed by atoms with Gasteiger partial charge in [-0.3, -0.25) is 9.78 Å². The number of piperidine rings is 1. The highest BCUT2D eigenvalue weighted by Gasteiger charge is 2.25. The first kappa shape index (κ1) is 20.2. The van der Waals surface area contributed by atoms with E-state index < -0.39 is 0 Å². The summed E-state index contributed by atoms with van der Waals surface area (Å²) in [5, 5.41) is 0. The molecule has 2 heterocycles. The molecule has 1 fully saturated rings. The quantitative estimate of drug-likeness (QED) is 0.600. The summed E-state index contributed by atoms with van der Waals surface area (Å²) < 4.78 is 19.4. The summed E-state index contributed by atoms with van der Waals surface area (Å²) in [7, 11) is 0. The van der Waals surface area contributed by atoms with E-state index in [2.05, 4.69) is 4.98 Å². The predicted molar refractivity (Wildman–Crippen MR) is 115 cm³/mol. The number of rotatable bonds is 5. The van der Waals surface area contributed by atoms with Crippen LogP contribution in [0.4, 0.5) is 4.39 Å². The summed E-state index contributed by atoms with van der Waals surface area (Å²) in [4.78, 5) is 18.7. The molecule has 4 nitrogen and oxygen atoms in total. The third kappa shape index (κ3) is 4.74. The van der Waals surface area contributed by atoms with Crippen LogP contribution in [0.25, 0.3) is 11.1 Å². The van der Waals surface area contributed by atoms with Crippen LogP contribution in [0.1, 0.15) is 34.5 Å². The Kier molecular flexibility index (Phi) is 6.19. The maximum absolute atomic E-state index is 13.3. The average molecular weight is 404 g/mol. The van der Waals surface area contributed by atoms with Gasteiger partial charge < -0.3 is 9.64 Å². The Balaban J connectivity index is 1.34. The Morgan fingerprint density at radius 1 is 1.10 bits per heavy atom. The minimum Gasteiger partial charge on any atom is -0.373 e. The van der Waals surface area contributed by atoms with Crippen molar-refractivity contribution in [1.29, 1.82) is 0 Å². The molecule has 2 aromatic carbocycles. The van der Waals surface area contributed by atoms with Crippen molar-refractivity contribution in [3.63, 3.8) is 0 Å². The van der Waals surface area contributed by atoms with Crippen molar-refractivity contribution >= 4 is 5.91 Å². The summed E-state index contributed by atoms with van der Waals surface area (Å²) in [6.45, 7) is 3.78. The van der Waals surface area contributed by atoms with E-state index in [1.54, 1.807) is 18.3 Å². The van der Waals surface area contributed by atoms with Crippen molar-refractivity contribution in [2.75, 3.05) is 13.1 Å². The summed E-state index contributed by atoms with van der Waals surface area (Å²) >= 11 is 0. The van der Waals surface area contributed by atoms with Crippen molar-refractivity contribution in [2.45, 2.75) is 32.5 Å². The molecule has 154 valence electrons. The zero-order valence-electron chi connectivity index (χ0n) is 17.1. The molecule has 0 N–H and O–H groups in total. The minimum absolute atomic E-state index is 0.0150. The molecule has 0 radical (unpaired) electrons. The Morgan fingerprint density at radius 3 is 2.57 bits per heavy atom. The fourth-order valence-corrected chi connectivity index (χ4v) is 3.81. The smallest absolute Gasteiger partial charge is 0.272 e. The van der Waals surface area contributed by atoms with E-state index in [0.29, 0.717) is 25.4 Å². The molecule has 4 rings (SSSR count). The molecule has 0 aliphatic carbocycles. The second-order valence-electron chi connectivity index (χ2n) is 7.69. The van der Waals surface area contributed by atoms with Crippen LogP contribution >= 0.6 is 0 Å². The molecule has 1 saturated heterocycles. The largest absolute Gasteiger partial charge is 0.373 e. The fraction of sp³-hybridized carbons (Fsp3) is 0.280. The number of aromatic nitrogens is 1. The summed E-state index contributed by atoms with van der Waals surface area (Å²) in [5.74, 6) is -0.256. The normalized spacial score (nSPS) is 14.7. The number of likely N-dealkylation sites (tertiary alicyclic amines) is 1. The number of carbonyl (C=O) groups is 1. The first-order valence-electron chi connectivity index (χ1n) is 10.3. The number of ether oxygens (including phenoxy) is 1. The van der Waals surface area contributed by atoms with Gasteiger partial charge in [0.25, 0.3) is 5.91 Å². The fourth-order valence-electron chi connectivity index (χ4n) is 3.81. The SMILES string of the molecule is Cc1ccnc(C(=O)N2CCC(OCc3ccccc3-c3ccc(F)cc3)CC2)c1. The lowest BCUT2D eigenvalue weighted by atomic mass is 10.00. The van der Waals surface area contributed by atoms with Crippen LogP contribution in [-0.2, 0) is 11.3 Å². The lowest BCUT2D eigenvalue weighted by Gasteiger charge is -2.32. The third-order valence-corrected chi connectivity index (χ3v) is 5.51. The Morgan fingerprint density at radius 2 is 1.83 bits per heavy atom. The first-order chi connectivity index (χ1) is 14.6. The lowest BCUT2D eigenvalue weighted by molar-refractivity contribution is -0.000349. The molecular formula is C25H25FN2O2. The molecule has 0 saturated carbocycles. The highest BCUT2D eigenvalue weighted by Crippen LogP contribution is 2.26. The van der Waals surface area contributed by atoms with Gasteiger partial charge in [-0.2, -0.15) is 0 Å². The minimum atomic E-state index is -0.241. The van der Waals surface area contributed by atoms with Gasteiger partial charge in [0, 0.05) is 19.3 Å². The number of aryl methyl sites for hydroxylation is 1. The van der Waals surface area contributed by atoms with Crippen molar-refractivity contribution in [1.82, 2.24) is 9.88 Å². The molecule has 5 heteroatoms. The van der Waals surface area contributed by atoms with Crippen LogP contribution in [0.2, 0.25) is 0 Å². The summed E-state index contributed by atoms with van der Waals surface area (Å²) in [6, 6.07) is 18.3. The van der Waals surface area contributed by atoms with Gasteiger partial charge in [-0.05, 0) is 66.3 Å². The van der Waals surface area contributed by atoms with Gasteiger partial charge >= 0.3 is 0 Å². The van der Waals surface area contributed by atoms with E-state index in [0.717, 1.165) is 35.1 Å². The third-order valence-electron chi connectivity index (χ3n) is 5.51. The molecular weight excluding hydrogens is 379 g/mol. The van der Waals surface area contributed by atoms with Gasteiger partial charge in [0.2, 0.25) is 0 Å². The van der Waals surface area contributed by atoms with Gasteiger partial charge in [0.15, 0.2) is 0 Å². The van der Waals surface area contributed by atoms with Crippen molar-refractivity contribution in [2.24, 2.45) is 0 Å². The number of pyridine rings is 1. The second-order valence-corrected chi connectivity index (χ2v) is 7.69. The van der Waals surface area contributed by atoms with Crippen LogP contribution in [0.15, 0.2) is 66.9 Å². The Labute approximate surface area is 176 Å². The Bertz CT molecular complexity index is 1010. The number of amides is 1. The summed E-state index contributed by atoms with van der Waals surface area (Å²) in [6.07, 6.45) is 3.39. The first-order valence-corrected chi connectivity index (χ1v) is 10.3. The van der Waals surface area contributed by atoms with E-state index >= 15 is 0 Å². The number of hydrogen-bond acceptors (Lipinski definition) is 3. The number of carbonyl (C=O) groups excluding carboxylic acids is 1. The molecule has 0 bridgehead atoms. The number of nitrogens with zero attached hydrogens (tertiary/aromatic N) is 2. The molecule has 1 aliphatic rings. The van der Waals surface area contributed by atoms with E-state index in [-0.39, 0.29) is 17.8 Å². The summed E-state index contributed by atoms with van der Waals surface area (Å²) in [5.41, 5.74) is 4.64. The number of halogens is 1. The monoisotopic (exact) mass is 404 g/mol. The average Bonchev–Trinajstić information content (AvgIpc) is 2.78. The van der Waals surface area contributed by atoms with Gasteiger partial charge in [-0.15, -0.1) is 0 Å². The zero-order valence-corrected chi connectivity index (χ0v) is 17.1. The van der Waals surface area contributed by atoms with Crippen molar-refractivity contribution < 1.29 is 13.9 Å². The van der Waals surface area contributed by atoms with Gasteiger partial charge in [0.1, 0.15) is 11.5 Å². The van der Waals surface area contributed by atoms with Crippen LogP contribution in [-0.4, -0.2) is 35.0 Å². The second kappa shape index (κ2) is 9.18. The van der Waals surface area contributed by atoms with Gasteiger partial charge in [-0.1, -0.05) is 36.4 Å². The zero-order chi connectivity index (χ0) is 20.9. The van der Waals surface area contributed by atoms with Crippen LogP contribution < -0.4 is 0 Å². The maximum atomic E-state index is 13.3. The molecule has 30 heavy (non-hydrogen) atoms. The highest BCUT2D eigenvalue weighted by molar-refractivity contribution is 5.92. The predicted octanol–water partition coefficient (Wildman–Crippen LogP) is 5.02. The van der Waals surface area contributed by atoms with Crippen molar-refractivity contribution in [3.8, 4) is 11.1 Å². The molecule has 1 aromatic heterocycles. The molecule has 0 atom stereocenters. The van der Waals surface area contributed by atoms with E-state index in [1.807, 2.05) is 48.2 Å². The lowest BCUT2D eigenvalue weighted by Crippen LogP contribution is -2.41. The molecule has 0 unspecified atom stereocenters. The molecule has 3 aromatic rings. The Hall–Kier alpha value is -3.05. The van der Waals surface area contributed by atoms with Crippen LogP contribution in [0, 0.1) is 12.7 Å². The van der Waals surface area contributed by atoms with E-state index in [4.69, 9.17) is 4.74 Å². The number of benzene rings is 2. The van der Waals surface area contributed by atoms with E-state index in [9.17, 15) is 9.18 Å². The van der Waals surface area contributed by atoms with Crippen LogP contribution in [0.3, 0.4) is 0 Å². The maximum Gasteiger partial charge on any atom is 0.272 e. The van der Waals surface area contributed by atoms with Gasteiger partial charge in [-0.25, -0.2) is 4.39 Å². The standard InChI is InChI=1S/C25H25FN2O2/c1-18-10-13-27-24(16-18)25(29)28-14-11-22(12-15-28)30-17-20-4-2-3-5-23(20)19-6-8-21(26)9-7-19/h2-10,13,16,22H,11-12,14-15,17H2,1H3. The number of hydrogen-bond donors (Lipinski definition) is 0. The molecule has 1 amide bonds. The van der Waals surface area contributed by atoms with Gasteiger partial charge in [0.05, 0.1) is 12.7 Å². The highest BCUT2D eigenvalue weighted by atomic mass is 19.1. The topological polar surface area (TPSA) is 42.4 Å². The van der Waals surface area contributed by atoms with Crippen LogP contribution in [0.5, 0.6) is 0 Å².